The summed E-state index contributed by atoms with van der Waals surface area (Å²) in [6, 6.07) is 4.10. The van der Waals surface area contributed by atoms with Gasteiger partial charge in [-0.1, -0.05) is 18.3 Å². The highest BCUT2D eigenvalue weighted by Gasteiger charge is 2.00. The molecule has 2 N–H and O–H groups in total. The fourth-order valence-corrected chi connectivity index (χ4v) is 1.62. The molecule has 0 atom stereocenters. The van der Waals surface area contributed by atoms with Crippen LogP contribution in [0.15, 0.2) is 29.0 Å². The summed E-state index contributed by atoms with van der Waals surface area (Å²) in [5, 5.41) is 1.79. The highest BCUT2D eigenvalue weighted by Crippen LogP contribution is 2.28. The molecule has 0 aromatic heterocycles. The second-order valence-corrected chi connectivity index (χ2v) is 3.77. The van der Waals surface area contributed by atoms with Gasteiger partial charge in [-0.25, -0.2) is 0 Å². The minimum absolute atomic E-state index is 0.836. The third-order valence-corrected chi connectivity index (χ3v) is 2.61. The normalized spacial score (nSPS) is 9.83. The lowest BCUT2D eigenvalue weighted by atomic mass is 10.1. The number of nitrogens with two attached hydrogens (primary N) is 1. The van der Waals surface area contributed by atoms with Gasteiger partial charge in [0.25, 0.3) is 0 Å². The van der Waals surface area contributed by atoms with E-state index in [4.69, 9.17) is 5.73 Å². The Labute approximate surface area is 77.7 Å². The van der Waals surface area contributed by atoms with Gasteiger partial charge in [0.15, 0.2) is 0 Å². The molecule has 0 heterocycles. The van der Waals surface area contributed by atoms with Crippen LogP contribution in [0, 0.1) is 13.8 Å². The summed E-state index contributed by atoms with van der Waals surface area (Å²) in [6.07, 6.45) is 0. The van der Waals surface area contributed by atoms with Gasteiger partial charge in [0, 0.05) is 10.6 Å². The Hall–Kier alpha value is -0.890. The van der Waals surface area contributed by atoms with Crippen LogP contribution in [-0.4, -0.2) is 0 Å². The smallest absolute Gasteiger partial charge is 0.0458 e. The maximum atomic E-state index is 5.81. The van der Waals surface area contributed by atoms with Gasteiger partial charge in [0.05, 0.1) is 0 Å². The Balaban J connectivity index is 3.13. The van der Waals surface area contributed by atoms with E-state index in [1.54, 1.807) is 17.2 Å². The molecule has 0 saturated carbocycles. The minimum Gasteiger partial charge on any atom is -0.398 e. The van der Waals surface area contributed by atoms with Crippen LogP contribution in [0.3, 0.4) is 0 Å². The summed E-state index contributed by atoms with van der Waals surface area (Å²) in [5.74, 6) is 0. The zero-order valence-corrected chi connectivity index (χ0v) is 8.24. The summed E-state index contributed by atoms with van der Waals surface area (Å²) in [7, 11) is 0. The molecule has 0 amide bonds. The molecule has 64 valence electrons. The van der Waals surface area contributed by atoms with Crippen molar-refractivity contribution in [2.75, 3.05) is 5.73 Å². The maximum Gasteiger partial charge on any atom is 0.0458 e. The first-order chi connectivity index (χ1) is 5.65. The Morgan fingerprint density at radius 1 is 1.33 bits per heavy atom. The highest BCUT2D eigenvalue weighted by molar-refractivity contribution is 8.02. The van der Waals surface area contributed by atoms with E-state index in [0.717, 1.165) is 10.6 Å². The molecule has 1 aromatic rings. The van der Waals surface area contributed by atoms with E-state index in [0.29, 0.717) is 0 Å². The number of rotatable bonds is 2. The van der Waals surface area contributed by atoms with E-state index in [9.17, 15) is 0 Å². The van der Waals surface area contributed by atoms with Crippen LogP contribution in [0.2, 0.25) is 0 Å². The summed E-state index contributed by atoms with van der Waals surface area (Å²) in [5.41, 5.74) is 9.15. The average molecular weight is 179 g/mol. The topological polar surface area (TPSA) is 26.0 Å². The van der Waals surface area contributed by atoms with Gasteiger partial charge in [-0.2, -0.15) is 0 Å². The van der Waals surface area contributed by atoms with Gasteiger partial charge in [0.2, 0.25) is 0 Å². The van der Waals surface area contributed by atoms with Gasteiger partial charge in [-0.15, -0.1) is 0 Å². The standard InChI is InChI=1S/C10H13NS/c1-4-12-10-6-8(3)7(2)5-9(10)11/h4-6H,1,11H2,2-3H3. The molecule has 2 heteroatoms. The van der Waals surface area contributed by atoms with Crippen molar-refractivity contribution < 1.29 is 0 Å². The van der Waals surface area contributed by atoms with Crippen molar-refractivity contribution in [2.24, 2.45) is 0 Å². The molecule has 0 bridgehead atoms. The zero-order chi connectivity index (χ0) is 9.14. The predicted molar refractivity (Wildman–Crippen MR) is 56.4 cm³/mol. The molecular weight excluding hydrogens is 166 g/mol. The monoisotopic (exact) mass is 179 g/mol. The van der Waals surface area contributed by atoms with Crippen LogP contribution < -0.4 is 5.73 Å². The summed E-state index contributed by atoms with van der Waals surface area (Å²) >= 11 is 1.56. The molecule has 0 aliphatic heterocycles. The van der Waals surface area contributed by atoms with E-state index in [-0.39, 0.29) is 0 Å². The number of thioether (sulfide) groups is 1. The van der Waals surface area contributed by atoms with E-state index < -0.39 is 0 Å². The molecule has 0 aliphatic carbocycles. The zero-order valence-electron chi connectivity index (χ0n) is 7.42. The molecule has 1 rings (SSSR count). The molecular formula is C10H13NS. The predicted octanol–water partition coefficient (Wildman–Crippen LogP) is 3.12. The quantitative estimate of drug-likeness (QED) is 0.557. The number of hydrogen-bond donors (Lipinski definition) is 1. The minimum atomic E-state index is 0.836. The summed E-state index contributed by atoms with van der Waals surface area (Å²) in [6.45, 7) is 7.81. The highest BCUT2D eigenvalue weighted by atomic mass is 32.2. The molecule has 0 spiro atoms. The molecule has 12 heavy (non-hydrogen) atoms. The van der Waals surface area contributed by atoms with Gasteiger partial charge in [0.1, 0.15) is 0 Å². The second-order valence-electron chi connectivity index (χ2n) is 2.76. The van der Waals surface area contributed by atoms with Crippen molar-refractivity contribution in [2.45, 2.75) is 18.7 Å². The molecule has 0 unspecified atom stereocenters. The number of nitrogen functional groups attached to an aromatic ring is 1. The Morgan fingerprint density at radius 3 is 2.50 bits per heavy atom. The van der Waals surface area contributed by atoms with Crippen molar-refractivity contribution in [1.82, 2.24) is 0 Å². The lowest BCUT2D eigenvalue weighted by Gasteiger charge is -2.06. The Kier molecular flexibility index (Phi) is 2.82. The van der Waals surface area contributed by atoms with E-state index in [2.05, 4.69) is 26.5 Å². The van der Waals surface area contributed by atoms with Crippen molar-refractivity contribution in [1.29, 1.82) is 0 Å². The van der Waals surface area contributed by atoms with Gasteiger partial charge < -0.3 is 5.73 Å². The van der Waals surface area contributed by atoms with Gasteiger partial charge >= 0.3 is 0 Å². The molecule has 0 saturated heterocycles. The Bertz CT molecular complexity index is 305. The summed E-state index contributed by atoms with van der Waals surface area (Å²) in [4.78, 5) is 1.09. The Morgan fingerprint density at radius 2 is 1.92 bits per heavy atom. The first-order valence-corrected chi connectivity index (χ1v) is 4.67. The van der Waals surface area contributed by atoms with Gasteiger partial charge in [-0.3, -0.25) is 0 Å². The van der Waals surface area contributed by atoms with Crippen LogP contribution in [0.5, 0.6) is 0 Å². The van der Waals surface area contributed by atoms with Crippen LogP contribution >= 0.6 is 11.8 Å². The largest absolute Gasteiger partial charge is 0.398 e. The van der Waals surface area contributed by atoms with Gasteiger partial charge in [-0.05, 0) is 42.5 Å². The first kappa shape index (κ1) is 9.20. The molecule has 0 radical (unpaired) electrons. The average Bonchev–Trinajstić information content (AvgIpc) is 2.01. The van der Waals surface area contributed by atoms with Crippen LogP contribution in [0.4, 0.5) is 5.69 Å². The first-order valence-electron chi connectivity index (χ1n) is 3.79. The lowest BCUT2D eigenvalue weighted by Crippen LogP contribution is -1.91. The number of benzene rings is 1. The summed E-state index contributed by atoms with van der Waals surface area (Å²) < 4.78 is 0. The molecule has 0 aliphatic rings. The van der Waals surface area contributed by atoms with Crippen molar-refractivity contribution in [3.8, 4) is 0 Å². The lowest BCUT2D eigenvalue weighted by molar-refractivity contribution is 1.29. The maximum absolute atomic E-state index is 5.81. The molecule has 1 nitrogen and oxygen atoms in total. The van der Waals surface area contributed by atoms with Crippen molar-refractivity contribution in [3.63, 3.8) is 0 Å². The van der Waals surface area contributed by atoms with Crippen LogP contribution in [-0.2, 0) is 0 Å². The van der Waals surface area contributed by atoms with E-state index in [1.165, 1.54) is 11.1 Å². The van der Waals surface area contributed by atoms with E-state index >= 15 is 0 Å². The third kappa shape index (κ3) is 1.83. The SMILES string of the molecule is C=CSc1cc(C)c(C)cc1N. The number of hydrogen-bond acceptors (Lipinski definition) is 2. The third-order valence-electron chi connectivity index (χ3n) is 1.84. The number of aryl methyl sites for hydroxylation is 2. The fourth-order valence-electron chi connectivity index (χ4n) is 1.00. The van der Waals surface area contributed by atoms with Crippen molar-refractivity contribution >= 4 is 17.4 Å². The van der Waals surface area contributed by atoms with E-state index in [1.807, 2.05) is 6.07 Å². The second kappa shape index (κ2) is 3.68. The van der Waals surface area contributed by atoms with Crippen LogP contribution in [0.1, 0.15) is 11.1 Å². The van der Waals surface area contributed by atoms with Crippen LogP contribution in [0.25, 0.3) is 0 Å². The number of anilines is 1. The van der Waals surface area contributed by atoms with Crippen molar-refractivity contribution in [3.05, 3.63) is 35.2 Å². The molecule has 1 aromatic carbocycles. The molecule has 0 fully saturated rings. The fraction of sp³-hybridized carbons (Fsp3) is 0.200.